The largest absolute Gasteiger partial charge is 0.399 e. The predicted molar refractivity (Wildman–Crippen MR) is 84.0 cm³/mol. The van der Waals surface area contributed by atoms with E-state index in [0.29, 0.717) is 24.3 Å². The molecule has 0 saturated carbocycles. The second kappa shape index (κ2) is 5.99. The third-order valence-electron chi connectivity index (χ3n) is 3.72. The standard InChI is InChI=1S/C16H22N4O/c1-5-20(10-13-7-6-8-14(17)9-13)16(21)15-11(2)18-19(4)12(15)3/h6-9H,5,10,17H2,1-4H3. The molecule has 2 rings (SSSR count). The van der Waals surface area contributed by atoms with Crippen LogP contribution in [-0.2, 0) is 13.6 Å². The second-order valence-corrected chi connectivity index (χ2v) is 5.23. The number of anilines is 1. The highest BCUT2D eigenvalue weighted by Gasteiger charge is 2.22. The van der Waals surface area contributed by atoms with E-state index >= 15 is 0 Å². The predicted octanol–water partition coefficient (Wildman–Crippen LogP) is 2.28. The number of rotatable bonds is 4. The van der Waals surface area contributed by atoms with Crippen molar-refractivity contribution in [3.8, 4) is 0 Å². The van der Waals surface area contributed by atoms with Crippen LogP contribution < -0.4 is 5.73 Å². The molecule has 0 saturated heterocycles. The van der Waals surface area contributed by atoms with Crippen LogP contribution in [0.1, 0.15) is 34.2 Å². The molecule has 5 nitrogen and oxygen atoms in total. The normalized spacial score (nSPS) is 10.7. The fourth-order valence-corrected chi connectivity index (χ4v) is 2.48. The lowest BCUT2D eigenvalue weighted by molar-refractivity contribution is 0.0751. The number of hydrogen-bond acceptors (Lipinski definition) is 3. The van der Waals surface area contributed by atoms with Crippen LogP contribution in [0.25, 0.3) is 0 Å². The van der Waals surface area contributed by atoms with Crippen LogP contribution in [0.3, 0.4) is 0 Å². The molecule has 0 aliphatic rings. The summed E-state index contributed by atoms with van der Waals surface area (Å²) in [5.41, 5.74) is 9.90. The second-order valence-electron chi connectivity index (χ2n) is 5.23. The van der Waals surface area contributed by atoms with Crippen LogP contribution in [-0.4, -0.2) is 27.1 Å². The zero-order valence-corrected chi connectivity index (χ0v) is 13.1. The highest BCUT2D eigenvalue weighted by Crippen LogP contribution is 2.17. The lowest BCUT2D eigenvalue weighted by atomic mass is 10.1. The van der Waals surface area contributed by atoms with Gasteiger partial charge in [0.1, 0.15) is 0 Å². The molecule has 0 atom stereocenters. The van der Waals surface area contributed by atoms with Crippen LogP contribution in [0.2, 0.25) is 0 Å². The van der Waals surface area contributed by atoms with Gasteiger partial charge >= 0.3 is 0 Å². The van der Waals surface area contributed by atoms with Crippen molar-refractivity contribution in [2.24, 2.45) is 7.05 Å². The SMILES string of the molecule is CCN(Cc1cccc(N)c1)C(=O)c1c(C)nn(C)c1C. The van der Waals surface area contributed by atoms with E-state index in [0.717, 1.165) is 17.0 Å². The summed E-state index contributed by atoms with van der Waals surface area (Å²) in [6, 6.07) is 7.63. The number of carbonyl (C=O) groups excluding carboxylic acids is 1. The van der Waals surface area contributed by atoms with Gasteiger partial charge in [0.15, 0.2) is 0 Å². The molecule has 2 N–H and O–H groups in total. The van der Waals surface area contributed by atoms with Gasteiger partial charge in [-0.05, 0) is 38.5 Å². The lowest BCUT2D eigenvalue weighted by Gasteiger charge is -2.21. The van der Waals surface area contributed by atoms with Gasteiger partial charge in [-0.3, -0.25) is 9.48 Å². The van der Waals surface area contributed by atoms with Gasteiger partial charge < -0.3 is 10.6 Å². The number of aryl methyl sites for hydroxylation is 2. The highest BCUT2D eigenvalue weighted by atomic mass is 16.2. The summed E-state index contributed by atoms with van der Waals surface area (Å²) in [6.45, 7) is 6.96. The molecule has 21 heavy (non-hydrogen) atoms. The zero-order chi connectivity index (χ0) is 15.6. The minimum atomic E-state index is 0.0167. The minimum absolute atomic E-state index is 0.0167. The van der Waals surface area contributed by atoms with E-state index in [1.54, 1.807) is 4.68 Å². The third kappa shape index (κ3) is 3.07. The van der Waals surface area contributed by atoms with Crippen molar-refractivity contribution < 1.29 is 4.79 Å². The summed E-state index contributed by atoms with van der Waals surface area (Å²) < 4.78 is 1.75. The summed E-state index contributed by atoms with van der Waals surface area (Å²) >= 11 is 0. The highest BCUT2D eigenvalue weighted by molar-refractivity contribution is 5.96. The molecule has 5 heteroatoms. The summed E-state index contributed by atoms with van der Waals surface area (Å²) in [7, 11) is 1.85. The molecule has 1 aromatic heterocycles. The first-order valence-electron chi connectivity index (χ1n) is 7.08. The van der Waals surface area contributed by atoms with Crippen LogP contribution >= 0.6 is 0 Å². The Labute approximate surface area is 125 Å². The van der Waals surface area contributed by atoms with Gasteiger partial charge in [0.25, 0.3) is 5.91 Å². The van der Waals surface area contributed by atoms with Crippen molar-refractivity contribution >= 4 is 11.6 Å². The van der Waals surface area contributed by atoms with E-state index in [4.69, 9.17) is 5.73 Å². The maximum atomic E-state index is 12.8. The molecule has 1 aromatic carbocycles. The Balaban J connectivity index is 2.27. The van der Waals surface area contributed by atoms with Crippen molar-refractivity contribution in [2.45, 2.75) is 27.3 Å². The van der Waals surface area contributed by atoms with Crippen molar-refractivity contribution in [1.82, 2.24) is 14.7 Å². The number of carbonyl (C=O) groups is 1. The molecule has 0 fully saturated rings. The Morgan fingerprint density at radius 3 is 2.62 bits per heavy atom. The molecule has 0 spiro atoms. The van der Waals surface area contributed by atoms with E-state index in [1.165, 1.54) is 0 Å². The average Bonchev–Trinajstić information content (AvgIpc) is 2.69. The zero-order valence-electron chi connectivity index (χ0n) is 13.1. The molecule has 1 heterocycles. The van der Waals surface area contributed by atoms with E-state index in [9.17, 15) is 4.79 Å². The fraction of sp³-hybridized carbons (Fsp3) is 0.375. The quantitative estimate of drug-likeness (QED) is 0.877. The van der Waals surface area contributed by atoms with Crippen molar-refractivity contribution in [1.29, 1.82) is 0 Å². The topological polar surface area (TPSA) is 64.2 Å². The summed E-state index contributed by atoms with van der Waals surface area (Å²) in [5, 5.41) is 4.32. The Kier molecular flexibility index (Phi) is 4.31. The number of benzene rings is 1. The van der Waals surface area contributed by atoms with E-state index in [-0.39, 0.29) is 5.91 Å². The smallest absolute Gasteiger partial charge is 0.257 e. The van der Waals surface area contributed by atoms with Gasteiger partial charge in [-0.2, -0.15) is 5.10 Å². The third-order valence-corrected chi connectivity index (χ3v) is 3.72. The molecule has 0 aliphatic heterocycles. The van der Waals surface area contributed by atoms with Gasteiger partial charge in [0, 0.05) is 31.5 Å². The van der Waals surface area contributed by atoms with Crippen molar-refractivity contribution in [2.75, 3.05) is 12.3 Å². The molecule has 0 bridgehead atoms. The first kappa shape index (κ1) is 15.1. The summed E-state index contributed by atoms with van der Waals surface area (Å²) in [5.74, 6) is 0.0167. The van der Waals surface area contributed by atoms with Gasteiger partial charge in [0.05, 0.1) is 11.3 Å². The van der Waals surface area contributed by atoms with Gasteiger partial charge in [-0.25, -0.2) is 0 Å². The van der Waals surface area contributed by atoms with Crippen molar-refractivity contribution in [3.63, 3.8) is 0 Å². The number of nitrogen functional groups attached to an aromatic ring is 1. The summed E-state index contributed by atoms with van der Waals surface area (Å²) in [6.07, 6.45) is 0. The first-order valence-corrected chi connectivity index (χ1v) is 7.08. The maximum Gasteiger partial charge on any atom is 0.257 e. The minimum Gasteiger partial charge on any atom is -0.399 e. The molecule has 0 unspecified atom stereocenters. The molecule has 0 aliphatic carbocycles. The number of nitrogens with two attached hydrogens (primary N) is 1. The van der Waals surface area contributed by atoms with Crippen LogP contribution in [0.5, 0.6) is 0 Å². The molecule has 0 radical (unpaired) electrons. The molecule has 112 valence electrons. The van der Waals surface area contributed by atoms with E-state index in [1.807, 2.05) is 57.0 Å². The molecule has 1 amide bonds. The molecule has 2 aromatic rings. The van der Waals surface area contributed by atoms with Crippen LogP contribution in [0.4, 0.5) is 5.69 Å². The van der Waals surface area contributed by atoms with Crippen LogP contribution in [0.15, 0.2) is 24.3 Å². The Morgan fingerprint density at radius 1 is 1.38 bits per heavy atom. The Morgan fingerprint density at radius 2 is 2.10 bits per heavy atom. The Hall–Kier alpha value is -2.30. The fourth-order valence-electron chi connectivity index (χ4n) is 2.48. The number of hydrogen-bond donors (Lipinski definition) is 1. The van der Waals surface area contributed by atoms with E-state index in [2.05, 4.69) is 5.10 Å². The first-order chi connectivity index (χ1) is 9.93. The average molecular weight is 286 g/mol. The monoisotopic (exact) mass is 286 g/mol. The molecular formula is C16H22N4O. The van der Waals surface area contributed by atoms with Crippen molar-refractivity contribution in [3.05, 3.63) is 46.8 Å². The lowest BCUT2D eigenvalue weighted by Crippen LogP contribution is -2.31. The van der Waals surface area contributed by atoms with E-state index < -0.39 is 0 Å². The van der Waals surface area contributed by atoms with Gasteiger partial charge in [-0.1, -0.05) is 12.1 Å². The molecular weight excluding hydrogens is 264 g/mol. The van der Waals surface area contributed by atoms with Gasteiger partial charge in [0.2, 0.25) is 0 Å². The van der Waals surface area contributed by atoms with Crippen LogP contribution in [0, 0.1) is 13.8 Å². The van der Waals surface area contributed by atoms with Gasteiger partial charge in [-0.15, -0.1) is 0 Å². The summed E-state index contributed by atoms with van der Waals surface area (Å²) in [4.78, 5) is 14.6. The Bertz CT molecular complexity index is 660. The number of amides is 1. The maximum absolute atomic E-state index is 12.8. The number of nitrogens with zero attached hydrogens (tertiary/aromatic N) is 3. The number of aromatic nitrogens is 2.